The van der Waals surface area contributed by atoms with Gasteiger partial charge in [0.25, 0.3) is 0 Å². The van der Waals surface area contributed by atoms with Gasteiger partial charge in [-0.2, -0.15) is 0 Å². The number of aliphatic hydroxyl groups excluding tert-OH is 1. The quantitative estimate of drug-likeness (QED) is 0.0413. The molecule has 282 valence electrons. The number of rotatable bonds is 34. The number of esters is 2. The number of hydrogen-bond donors (Lipinski definition) is 1. The second-order valence-corrected chi connectivity index (χ2v) is 12.6. The fourth-order valence-corrected chi connectivity index (χ4v) is 4.88. The van der Waals surface area contributed by atoms with Crippen LogP contribution in [-0.2, 0) is 19.1 Å². The summed E-state index contributed by atoms with van der Waals surface area (Å²) in [5.74, 6) is -0.664. The molecule has 0 saturated heterocycles. The predicted octanol–water partition coefficient (Wildman–Crippen LogP) is 12.5. The Morgan fingerprint density at radius 1 is 0.480 bits per heavy atom. The largest absolute Gasteiger partial charge is 0.462 e. The molecule has 0 aromatic rings. The Balaban J connectivity index is 3.72. The van der Waals surface area contributed by atoms with Crippen molar-refractivity contribution in [2.75, 3.05) is 13.2 Å². The molecule has 0 radical (unpaired) electrons. The van der Waals surface area contributed by atoms with Gasteiger partial charge in [0.1, 0.15) is 6.61 Å². The maximum absolute atomic E-state index is 12.2. The molecule has 1 N–H and O–H groups in total. The van der Waals surface area contributed by atoms with E-state index in [1.54, 1.807) is 0 Å². The van der Waals surface area contributed by atoms with Crippen LogP contribution in [0.1, 0.15) is 155 Å². The second-order valence-electron chi connectivity index (χ2n) is 12.6. The van der Waals surface area contributed by atoms with Gasteiger partial charge < -0.3 is 14.6 Å². The van der Waals surface area contributed by atoms with Crippen molar-refractivity contribution in [2.24, 2.45) is 0 Å². The first kappa shape index (κ1) is 46.8. The highest BCUT2D eigenvalue weighted by Crippen LogP contribution is 2.10. The third kappa shape index (κ3) is 37.6. The van der Waals surface area contributed by atoms with Gasteiger partial charge in [0.05, 0.1) is 6.61 Å². The molecule has 0 aromatic carbocycles. The molecule has 0 saturated carbocycles. The van der Waals surface area contributed by atoms with E-state index in [1.165, 1.54) is 25.7 Å². The topological polar surface area (TPSA) is 72.8 Å². The number of carbonyl (C=O) groups is 2. The lowest BCUT2D eigenvalue weighted by Crippen LogP contribution is -2.28. The third-order valence-electron chi connectivity index (χ3n) is 7.86. The van der Waals surface area contributed by atoms with Crippen LogP contribution >= 0.6 is 0 Å². The van der Waals surface area contributed by atoms with Gasteiger partial charge in [0.2, 0.25) is 0 Å². The summed E-state index contributed by atoms with van der Waals surface area (Å²) in [5.41, 5.74) is 0. The molecule has 5 heteroatoms. The number of carbonyl (C=O) groups excluding carboxylic acids is 2. The fourth-order valence-electron chi connectivity index (χ4n) is 4.88. The Morgan fingerprint density at radius 2 is 0.860 bits per heavy atom. The normalized spacial score (nSPS) is 13.3. The highest BCUT2D eigenvalue weighted by Gasteiger charge is 2.16. The van der Waals surface area contributed by atoms with Crippen LogP contribution < -0.4 is 0 Å². The highest BCUT2D eigenvalue weighted by molar-refractivity contribution is 5.70. The minimum absolute atomic E-state index is 0.0988. The Labute approximate surface area is 307 Å². The minimum Gasteiger partial charge on any atom is -0.462 e. The molecule has 1 atom stereocenters. The van der Waals surface area contributed by atoms with Crippen LogP contribution in [0.3, 0.4) is 0 Å². The molecule has 0 aliphatic carbocycles. The lowest BCUT2D eigenvalue weighted by atomic mass is 10.1. The summed E-state index contributed by atoms with van der Waals surface area (Å²) in [4.78, 5) is 24.3. The van der Waals surface area contributed by atoms with Crippen molar-refractivity contribution in [1.29, 1.82) is 0 Å². The third-order valence-corrected chi connectivity index (χ3v) is 7.86. The number of hydrogen-bond acceptors (Lipinski definition) is 5. The zero-order chi connectivity index (χ0) is 36.4. The molecule has 0 bridgehead atoms. The van der Waals surface area contributed by atoms with E-state index in [1.807, 2.05) is 0 Å². The Kier molecular flexibility index (Phi) is 37.7. The second kappa shape index (κ2) is 40.3. The van der Waals surface area contributed by atoms with E-state index in [-0.39, 0.29) is 25.2 Å². The van der Waals surface area contributed by atoms with Crippen molar-refractivity contribution in [2.45, 2.75) is 161 Å². The molecule has 1 unspecified atom stereocenters. The molecule has 0 heterocycles. The first-order chi connectivity index (χ1) is 24.6. The maximum Gasteiger partial charge on any atom is 0.306 e. The van der Waals surface area contributed by atoms with Crippen LogP contribution in [0.4, 0.5) is 0 Å². The van der Waals surface area contributed by atoms with Crippen LogP contribution in [0, 0.1) is 0 Å². The molecule has 0 aliphatic rings. The molecule has 5 nitrogen and oxygen atoms in total. The van der Waals surface area contributed by atoms with E-state index >= 15 is 0 Å². The van der Waals surface area contributed by atoms with E-state index in [0.717, 1.165) is 103 Å². The summed E-state index contributed by atoms with van der Waals surface area (Å²) in [6.07, 6.45) is 56.0. The van der Waals surface area contributed by atoms with Crippen LogP contribution in [0.15, 0.2) is 97.2 Å². The summed E-state index contributed by atoms with van der Waals surface area (Å²) in [7, 11) is 0. The Hall–Kier alpha value is -3.18. The van der Waals surface area contributed by atoms with Crippen molar-refractivity contribution in [1.82, 2.24) is 0 Å². The maximum atomic E-state index is 12.2. The summed E-state index contributed by atoms with van der Waals surface area (Å²) < 4.78 is 10.6. The van der Waals surface area contributed by atoms with Gasteiger partial charge in [-0.05, 0) is 96.3 Å². The van der Waals surface area contributed by atoms with Gasteiger partial charge >= 0.3 is 11.9 Å². The minimum atomic E-state index is -0.803. The average molecular weight is 693 g/mol. The van der Waals surface area contributed by atoms with Crippen molar-refractivity contribution >= 4 is 11.9 Å². The van der Waals surface area contributed by atoms with Gasteiger partial charge in [0.15, 0.2) is 6.10 Å². The molecule has 0 amide bonds. The molecule has 0 aliphatic heterocycles. The molecule has 0 spiro atoms. The van der Waals surface area contributed by atoms with Crippen LogP contribution in [0.5, 0.6) is 0 Å². The van der Waals surface area contributed by atoms with E-state index in [0.29, 0.717) is 12.8 Å². The molecule has 50 heavy (non-hydrogen) atoms. The smallest absolute Gasteiger partial charge is 0.306 e. The van der Waals surface area contributed by atoms with Crippen LogP contribution in [0.2, 0.25) is 0 Å². The SMILES string of the molecule is CCC=CCC=CCC=CCC=CCC=CCCCCCC(=O)OCC(CO)OC(=O)CCCCCCC=CCC=CCC=CCCCCC. The number of ether oxygens (including phenoxy) is 2. The average Bonchev–Trinajstić information content (AvgIpc) is 3.12. The van der Waals surface area contributed by atoms with E-state index in [2.05, 4.69) is 111 Å². The van der Waals surface area contributed by atoms with Gasteiger partial charge in [-0.1, -0.05) is 143 Å². The Morgan fingerprint density at radius 3 is 1.30 bits per heavy atom. The summed E-state index contributed by atoms with van der Waals surface area (Å²) in [5, 5.41) is 9.55. The van der Waals surface area contributed by atoms with E-state index < -0.39 is 6.10 Å². The predicted molar refractivity (Wildman–Crippen MR) is 214 cm³/mol. The lowest BCUT2D eigenvalue weighted by molar-refractivity contribution is -0.161. The monoisotopic (exact) mass is 693 g/mol. The number of allylic oxidation sites excluding steroid dienone is 16. The molecular formula is C45H72O5. The van der Waals surface area contributed by atoms with Crippen molar-refractivity contribution < 1.29 is 24.2 Å². The summed E-state index contributed by atoms with van der Waals surface area (Å²) in [6, 6.07) is 0. The van der Waals surface area contributed by atoms with Gasteiger partial charge in [0, 0.05) is 12.8 Å². The van der Waals surface area contributed by atoms with Crippen molar-refractivity contribution in [3.63, 3.8) is 0 Å². The van der Waals surface area contributed by atoms with Crippen molar-refractivity contribution in [3.05, 3.63) is 97.2 Å². The molecule has 0 rings (SSSR count). The van der Waals surface area contributed by atoms with Crippen molar-refractivity contribution in [3.8, 4) is 0 Å². The summed E-state index contributed by atoms with van der Waals surface area (Å²) >= 11 is 0. The Bertz CT molecular complexity index is 1010. The number of aliphatic hydroxyl groups is 1. The zero-order valence-corrected chi connectivity index (χ0v) is 31.9. The number of unbranched alkanes of at least 4 members (excludes halogenated alkanes) is 10. The zero-order valence-electron chi connectivity index (χ0n) is 31.9. The molecular weight excluding hydrogens is 620 g/mol. The van der Waals surface area contributed by atoms with Crippen LogP contribution in [0.25, 0.3) is 0 Å². The fraction of sp³-hybridized carbons (Fsp3) is 0.600. The summed E-state index contributed by atoms with van der Waals surface area (Å²) in [6.45, 7) is 3.93. The van der Waals surface area contributed by atoms with E-state index in [4.69, 9.17) is 9.47 Å². The lowest BCUT2D eigenvalue weighted by Gasteiger charge is -2.15. The van der Waals surface area contributed by atoms with Gasteiger partial charge in [-0.25, -0.2) is 0 Å². The van der Waals surface area contributed by atoms with Gasteiger partial charge in [-0.3, -0.25) is 9.59 Å². The van der Waals surface area contributed by atoms with Crippen LogP contribution in [-0.4, -0.2) is 36.4 Å². The molecule has 0 aromatic heterocycles. The standard InChI is InChI=1S/C45H72O5/c1-3-5-7-9-11-13-15-17-19-21-22-24-25-27-29-31-33-35-37-39-44(47)49-42-43(41-46)50-45(48)40-38-36-34-32-30-28-26-23-20-18-16-14-12-10-8-6-4-2/h5,7,11-14,17-20,22,24,26-29,43,46H,3-4,6,8-10,15-16,21,23,25,30-42H2,1-2H3. The van der Waals surface area contributed by atoms with E-state index in [9.17, 15) is 14.7 Å². The molecule has 0 fully saturated rings. The first-order valence-corrected chi connectivity index (χ1v) is 19.8. The first-order valence-electron chi connectivity index (χ1n) is 19.8. The highest BCUT2D eigenvalue weighted by atomic mass is 16.6. The van der Waals surface area contributed by atoms with Gasteiger partial charge in [-0.15, -0.1) is 0 Å².